The molecule has 3 aromatic rings. The van der Waals surface area contributed by atoms with Crippen molar-refractivity contribution >= 4 is 33.6 Å². The summed E-state index contributed by atoms with van der Waals surface area (Å²) in [6.07, 6.45) is 0. The van der Waals surface area contributed by atoms with E-state index in [4.69, 9.17) is 0 Å². The SMILES string of the molecule is O=[S@](CCSc1nc2ccccc2[nH]1)Cc1ccccc1. The molecule has 2 aromatic carbocycles. The number of hydrogen-bond acceptors (Lipinski definition) is 3. The van der Waals surface area contributed by atoms with Crippen LogP contribution in [-0.4, -0.2) is 25.7 Å². The maximum absolute atomic E-state index is 12.0. The summed E-state index contributed by atoms with van der Waals surface area (Å²) in [4.78, 5) is 7.77. The number of benzene rings is 2. The molecule has 3 rings (SSSR count). The molecule has 0 radical (unpaired) electrons. The van der Waals surface area contributed by atoms with Crippen molar-refractivity contribution in [3.05, 3.63) is 60.2 Å². The molecule has 0 aliphatic carbocycles. The zero-order valence-corrected chi connectivity index (χ0v) is 13.1. The molecule has 1 heterocycles. The first-order chi connectivity index (χ1) is 10.3. The molecule has 5 heteroatoms. The van der Waals surface area contributed by atoms with Crippen LogP contribution in [0, 0.1) is 0 Å². The molecule has 0 saturated heterocycles. The maximum atomic E-state index is 12.0. The first-order valence-electron chi connectivity index (χ1n) is 6.78. The van der Waals surface area contributed by atoms with Crippen LogP contribution >= 0.6 is 11.8 Å². The van der Waals surface area contributed by atoms with E-state index < -0.39 is 10.8 Å². The summed E-state index contributed by atoms with van der Waals surface area (Å²) in [5, 5.41) is 0.896. The fourth-order valence-corrected chi connectivity index (χ4v) is 4.39. The molecule has 0 aliphatic rings. The first kappa shape index (κ1) is 14.4. The summed E-state index contributed by atoms with van der Waals surface area (Å²) in [5.74, 6) is 2.11. The second-order valence-electron chi connectivity index (χ2n) is 4.68. The highest BCUT2D eigenvalue weighted by atomic mass is 32.2. The van der Waals surface area contributed by atoms with Crippen LogP contribution in [0.1, 0.15) is 5.56 Å². The van der Waals surface area contributed by atoms with Gasteiger partial charge in [-0.3, -0.25) is 4.21 Å². The first-order valence-corrected chi connectivity index (χ1v) is 9.25. The van der Waals surface area contributed by atoms with Gasteiger partial charge in [-0.25, -0.2) is 4.98 Å². The predicted octanol–water partition coefficient (Wildman–Crippen LogP) is 3.60. The average molecular weight is 316 g/mol. The van der Waals surface area contributed by atoms with Gasteiger partial charge in [-0.2, -0.15) is 0 Å². The number of nitrogens with zero attached hydrogens (tertiary/aromatic N) is 1. The van der Waals surface area contributed by atoms with E-state index in [1.807, 2.05) is 54.6 Å². The molecular weight excluding hydrogens is 300 g/mol. The van der Waals surface area contributed by atoms with Crippen molar-refractivity contribution in [3.63, 3.8) is 0 Å². The van der Waals surface area contributed by atoms with Crippen molar-refractivity contribution in [2.24, 2.45) is 0 Å². The van der Waals surface area contributed by atoms with Gasteiger partial charge in [-0.15, -0.1) is 0 Å². The number of nitrogens with one attached hydrogen (secondary N) is 1. The Morgan fingerprint density at radius 3 is 2.62 bits per heavy atom. The molecule has 0 aliphatic heterocycles. The highest BCUT2D eigenvalue weighted by molar-refractivity contribution is 8.00. The lowest BCUT2D eigenvalue weighted by Gasteiger charge is -2.01. The molecule has 1 N–H and O–H groups in total. The van der Waals surface area contributed by atoms with E-state index in [1.54, 1.807) is 11.8 Å². The van der Waals surface area contributed by atoms with Gasteiger partial charge in [0.25, 0.3) is 0 Å². The number of rotatable bonds is 6. The Morgan fingerprint density at radius 2 is 1.81 bits per heavy atom. The van der Waals surface area contributed by atoms with Crippen LogP contribution in [0.2, 0.25) is 0 Å². The molecule has 0 spiro atoms. The largest absolute Gasteiger partial charge is 0.333 e. The van der Waals surface area contributed by atoms with Crippen LogP contribution < -0.4 is 0 Å². The number of hydrogen-bond donors (Lipinski definition) is 1. The highest BCUT2D eigenvalue weighted by Crippen LogP contribution is 2.19. The number of para-hydroxylation sites is 2. The molecule has 21 heavy (non-hydrogen) atoms. The van der Waals surface area contributed by atoms with Crippen molar-refractivity contribution in [2.75, 3.05) is 11.5 Å². The summed E-state index contributed by atoms with van der Waals surface area (Å²) >= 11 is 1.63. The van der Waals surface area contributed by atoms with E-state index in [2.05, 4.69) is 9.97 Å². The highest BCUT2D eigenvalue weighted by Gasteiger charge is 2.05. The standard InChI is InChI=1S/C16H16N2OS2/c19-21(12-13-6-2-1-3-7-13)11-10-20-16-17-14-8-4-5-9-15(14)18-16/h1-9H,10-12H2,(H,17,18)/t21-/m1/s1. The van der Waals surface area contributed by atoms with Crippen molar-refractivity contribution in [3.8, 4) is 0 Å². The van der Waals surface area contributed by atoms with Gasteiger partial charge in [-0.1, -0.05) is 54.2 Å². The molecule has 0 unspecified atom stereocenters. The van der Waals surface area contributed by atoms with Gasteiger partial charge in [0.15, 0.2) is 5.16 Å². The van der Waals surface area contributed by atoms with E-state index >= 15 is 0 Å². The summed E-state index contributed by atoms with van der Waals surface area (Å²) < 4.78 is 12.0. The summed E-state index contributed by atoms with van der Waals surface area (Å²) in [6.45, 7) is 0. The summed E-state index contributed by atoms with van der Waals surface area (Å²) in [6, 6.07) is 17.9. The van der Waals surface area contributed by atoms with E-state index in [0.717, 1.165) is 27.5 Å². The maximum Gasteiger partial charge on any atom is 0.166 e. The van der Waals surface area contributed by atoms with Gasteiger partial charge in [0.2, 0.25) is 0 Å². The Bertz CT molecular complexity index is 707. The average Bonchev–Trinajstić information content (AvgIpc) is 2.91. The Labute approximate surface area is 130 Å². The molecule has 0 bridgehead atoms. The number of aromatic nitrogens is 2. The number of thioether (sulfide) groups is 1. The minimum absolute atomic E-state index is 0.627. The third kappa shape index (κ3) is 3.95. The van der Waals surface area contributed by atoms with Gasteiger partial charge in [0.1, 0.15) is 0 Å². The van der Waals surface area contributed by atoms with E-state index in [0.29, 0.717) is 11.5 Å². The third-order valence-electron chi connectivity index (χ3n) is 3.09. The van der Waals surface area contributed by atoms with Crippen LogP contribution in [0.4, 0.5) is 0 Å². The second-order valence-corrected chi connectivity index (χ2v) is 7.34. The quantitative estimate of drug-likeness (QED) is 0.707. The van der Waals surface area contributed by atoms with Crippen molar-refractivity contribution < 1.29 is 4.21 Å². The number of H-pyrrole nitrogens is 1. The van der Waals surface area contributed by atoms with Gasteiger partial charge >= 0.3 is 0 Å². The van der Waals surface area contributed by atoms with E-state index in [9.17, 15) is 4.21 Å². The number of fused-ring (bicyclic) bond motifs is 1. The lowest BCUT2D eigenvalue weighted by molar-refractivity contribution is 0.683. The normalized spacial score (nSPS) is 12.6. The van der Waals surface area contributed by atoms with Gasteiger partial charge in [0.05, 0.1) is 11.0 Å². The smallest absolute Gasteiger partial charge is 0.166 e. The van der Waals surface area contributed by atoms with Crippen molar-refractivity contribution in [2.45, 2.75) is 10.9 Å². The molecule has 0 amide bonds. The molecule has 0 saturated carbocycles. The molecule has 108 valence electrons. The lowest BCUT2D eigenvalue weighted by atomic mass is 10.2. The summed E-state index contributed by atoms with van der Waals surface area (Å²) in [5.41, 5.74) is 3.15. The molecule has 3 nitrogen and oxygen atoms in total. The van der Waals surface area contributed by atoms with Gasteiger partial charge in [-0.05, 0) is 17.7 Å². The summed E-state index contributed by atoms with van der Waals surface area (Å²) in [7, 11) is -0.825. The van der Waals surface area contributed by atoms with Crippen LogP contribution in [0.5, 0.6) is 0 Å². The monoisotopic (exact) mass is 316 g/mol. The second kappa shape index (κ2) is 6.91. The Kier molecular flexibility index (Phi) is 4.72. The number of aromatic amines is 1. The topological polar surface area (TPSA) is 45.8 Å². The molecule has 0 fully saturated rings. The Balaban J connectivity index is 1.50. The minimum atomic E-state index is -0.825. The van der Waals surface area contributed by atoms with Crippen molar-refractivity contribution in [1.29, 1.82) is 0 Å². The van der Waals surface area contributed by atoms with Crippen LogP contribution in [0.3, 0.4) is 0 Å². The van der Waals surface area contributed by atoms with Gasteiger partial charge < -0.3 is 4.98 Å². The minimum Gasteiger partial charge on any atom is -0.333 e. The third-order valence-corrected chi connectivity index (χ3v) is 5.54. The zero-order chi connectivity index (χ0) is 14.5. The van der Waals surface area contributed by atoms with Crippen LogP contribution in [-0.2, 0) is 16.6 Å². The van der Waals surface area contributed by atoms with Gasteiger partial charge in [0, 0.05) is 28.1 Å². The fourth-order valence-electron chi connectivity index (χ4n) is 2.06. The molecule has 1 atom stereocenters. The van der Waals surface area contributed by atoms with E-state index in [1.165, 1.54) is 0 Å². The van der Waals surface area contributed by atoms with Crippen molar-refractivity contribution in [1.82, 2.24) is 9.97 Å². The molecule has 1 aromatic heterocycles. The van der Waals surface area contributed by atoms with Crippen LogP contribution in [0.25, 0.3) is 11.0 Å². The Hall–Kier alpha value is -1.59. The number of imidazole rings is 1. The lowest BCUT2D eigenvalue weighted by Crippen LogP contribution is -2.03. The Morgan fingerprint density at radius 1 is 1.05 bits per heavy atom. The zero-order valence-electron chi connectivity index (χ0n) is 11.5. The fraction of sp³-hybridized carbons (Fsp3) is 0.188. The molecular formula is C16H16N2OS2. The predicted molar refractivity (Wildman–Crippen MR) is 90.0 cm³/mol. The van der Waals surface area contributed by atoms with E-state index in [-0.39, 0.29) is 0 Å². The van der Waals surface area contributed by atoms with Crippen LogP contribution in [0.15, 0.2) is 59.8 Å².